The molecule has 1 fully saturated rings. The fourth-order valence-electron chi connectivity index (χ4n) is 4.03. The van der Waals surface area contributed by atoms with E-state index in [9.17, 15) is 14.3 Å². The molecule has 0 spiro atoms. The number of nitrogens with one attached hydrogen (secondary N) is 1. The second kappa shape index (κ2) is 10.7. The fourth-order valence-corrected chi connectivity index (χ4v) is 4.03. The molecule has 4 rings (SSSR count). The first-order valence-corrected chi connectivity index (χ1v) is 11.0. The summed E-state index contributed by atoms with van der Waals surface area (Å²) in [4.78, 5) is 14.7. The van der Waals surface area contributed by atoms with E-state index in [2.05, 4.69) is 10.2 Å². The third-order valence-corrected chi connectivity index (χ3v) is 5.72. The average Bonchev–Trinajstić information content (AvgIpc) is 3.46. The number of ether oxygens (including phenoxy) is 3. The van der Waals surface area contributed by atoms with E-state index in [0.717, 1.165) is 31.5 Å². The Bertz CT molecular complexity index is 891. The molecule has 0 saturated carbocycles. The Hall–Kier alpha value is -2.84. The van der Waals surface area contributed by atoms with Gasteiger partial charge in [0.05, 0.1) is 19.1 Å². The van der Waals surface area contributed by atoms with Crippen molar-refractivity contribution in [2.45, 2.75) is 44.3 Å². The number of aliphatic hydroxyl groups excluding tert-OH is 1. The molecule has 32 heavy (non-hydrogen) atoms. The number of benzene rings is 2. The number of hydrogen-bond acceptors (Lipinski definition) is 6. The van der Waals surface area contributed by atoms with Gasteiger partial charge in [-0.3, -0.25) is 4.39 Å². The van der Waals surface area contributed by atoms with Crippen molar-refractivity contribution < 1.29 is 28.5 Å². The van der Waals surface area contributed by atoms with Crippen LogP contribution in [0.4, 0.5) is 9.18 Å². The summed E-state index contributed by atoms with van der Waals surface area (Å²) in [5.74, 6) is 0.984. The minimum Gasteiger partial charge on any atom is -0.451 e. The number of carbonyl (C=O) groups excluding carboxylic acids is 1. The Balaban J connectivity index is 1.42. The third kappa shape index (κ3) is 5.69. The molecule has 172 valence electrons. The van der Waals surface area contributed by atoms with E-state index in [1.165, 1.54) is 0 Å². The number of alkyl carbamates (subject to hydrolysis) is 1. The number of rotatable bonds is 9. The fraction of sp³-hybridized carbons (Fsp3) is 0.458. The molecule has 2 aromatic rings. The van der Waals surface area contributed by atoms with Gasteiger partial charge in [-0.15, -0.1) is 0 Å². The number of nitrogens with zero attached hydrogens (tertiary/aromatic N) is 1. The van der Waals surface area contributed by atoms with Crippen molar-refractivity contribution in [3.05, 3.63) is 59.7 Å². The van der Waals surface area contributed by atoms with Crippen molar-refractivity contribution in [1.82, 2.24) is 10.2 Å². The van der Waals surface area contributed by atoms with Crippen LogP contribution in [0.5, 0.6) is 11.5 Å². The van der Waals surface area contributed by atoms with E-state index in [4.69, 9.17) is 14.2 Å². The van der Waals surface area contributed by atoms with Crippen molar-refractivity contribution >= 4 is 6.09 Å². The number of aliphatic hydroxyl groups is 1. The molecule has 2 aliphatic heterocycles. The highest BCUT2D eigenvalue weighted by Crippen LogP contribution is 2.38. The number of carbonyl (C=O) groups is 1. The number of likely N-dealkylation sites (tertiary alicyclic amines) is 1. The minimum absolute atomic E-state index is 0.138. The second-order valence-corrected chi connectivity index (χ2v) is 8.11. The lowest BCUT2D eigenvalue weighted by Crippen LogP contribution is -2.46. The summed E-state index contributed by atoms with van der Waals surface area (Å²) in [6.07, 6.45) is 0.116. The molecule has 8 heteroatoms. The largest absolute Gasteiger partial charge is 0.451 e. The van der Waals surface area contributed by atoms with Crippen LogP contribution in [0.25, 0.3) is 0 Å². The van der Waals surface area contributed by atoms with Crippen molar-refractivity contribution in [1.29, 1.82) is 0 Å². The molecule has 3 atom stereocenters. The van der Waals surface area contributed by atoms with Gasteiger partial charge in [0.2, 0.25) is 6.29 Å². The monoisotopic (exact) mass is 444 g/mol. The van der Waals surface area contributed by atoms with Crippen LogP contribution in [0.3, 0.4) is 0 Å². The zero-order valence-corrected chi connectivity index (χ0v) is 17.9. The lowest BCUT2D eigenvalue weighted by Gasteiger charge is -2.28. The van der Waals surface area contributed by atoms with Crippen LogP contribution in [0.2, 0.25) is 0 Å². The van der Waals surface area contributed by atoms with Crippen LogP contribution >= 0.6 is 0 Å². The predicted octanol–water partition coefficient (Wildman–Crippen LogP) is 3.57. The summed E-state index contributed by atoms with van der Waals surface area (Å²) in [6.45, 7) is 1.97. The normalized spacial score (nSPS) is 19.5. The van der Waals surface area contributed by atoms with Gasteiger partial charge < -0.3 is 29.5 Å². The van der Waals surface area contributed by atoms with Crippen molar-refractivity contribution in [3.63, 3.8) is 0 Å². The second-order valence-electron chi connectivity index (χ2n) is 8.11. The Morgan fingerprint density at radius 2 is 1.91 bits per heavy atom. The Morgan fingerprint density at radius 1 is 1.16 bits per heavy atom. The molecule has 1 saturated heterocycles. The van der Waals surface area contributed by atoms with Crippen LogP contribution in [-0.2, 0) is 11.3 Å². The van der Waals surface area contributed by atoms with E-state index in [-0.39, 0.29) is 13.0 Å². The smallest absolute Gasteiger partial charge is 0.407 e. The highest BCUT2D eigenvalue weighted by Gasteiger charge is 2.30. The van der Waals surface area contributed by atoms with Gasteiger partial charge in [-0.2, -0.15) is 0 Å². The zero-order valence-electron chi connectivity index (χ0n) is 17.9. The summed E-state index contributed by atoms with van der Waals surface area (Å²) >= 11 is 0. The number of hydrogen-bond donors (Lipinski definition) is 2. The standard InChI is InChI=1S/C24H29FN2O5/c25-11-10-22-31-20-9-8-18(14-21(20)32-22)23(28)19(15-27-12-4-5-13-27)26-24(29)30-16-17-6-2-1-3-7-17/h1-3,6-9,14,19,22-23,28H,4-5,10-13,15-16H2,(H,26,29)/t19-,22?,23-/m1/s1. The summed E-state index contributed by atoms with van der Waals surface area (Å²) in [7, 11) is 0. The van der Waals surface area contributed by atoms with E-state index in [0.29, 0.717) is 23.6 Å². The van der Waals surface area contributed by atoms with Gasteiger partial charge in [-0.05, 0) is 49.2 Å². The molecule has 2 aliphatic rings. The summed E-state index contributed by atoms with van der Waals surface area (Å²) in [5.41, 5.74) is 1.47. The van der Waals surface area contributed by atoms with Gasteiger partial charge in [0, 0.05) is 6.54 Å². The molecule has 1 amide bonds. The van der Waals surface area contributed by atoms with Crippen LogP contribution in [0.15, 0.2) is 48.5 Å². The molecule has 1 unspecified atom stereocenters. The quantitative estimate of drug-likeness (QED) is 0.616. The van der Waals surface area contributed by atoms with E-state index in [1.807, 2.05) is 30.3 Å². The Labute approximate surface area is 187 Å². The van der Waals surface area contributed by atoms with Gasteiger partial charge in [0.1, 0.15) is 12.7 Å². The average molecular weight is 445 g/mol. The number of alkyl halides is 1. The zero-order chi connectivity index (χ0) is 22.3. The van der Waals surface area contributed by atoms with Crippen molar-refractivity contribution in [2.75, 3.05) is 26.3 Å². The topological polar surface area (TPSA) is 80.3 Å². The van der Waals surface area contributed by atoms with E-state index < -0.39 is 31.2 Å². The maximum Gasteiger partial charge on any atom is 0.407 e. The van der Waals surface area contributed by atoms with Gasteiger partial charge in [0.25, 0.3) is 0 Å². The van der Waals surface area contributed by atoms with Gasteiger partial charge in [-0.1, -0.05) is 36.4 Å². The van der Waals surface area contributed by atoms with Crippen LogP contribution in [-0.4, -0.2) is 54.7 Å². The maximum absolute atomic E-state index is 12.6. The van der Waals surface area contributed by atoms with Crippen LogP contribution in [0.1, 0.15) is 36.5 Å². The third-order valence-electron chi connectivity index (χ3n) is 5.72. The van der Waals surface area contributed by atoms with Crippen LogP contribution in [0, 0.1) is 0 Å². The molecule has 2 N–H and O–H groups in total. The van der Waals surface area contributed by atoms with Gasteiger partial charge in [-0.25, -0.2) is 4.79 Å². The molecular formula is C24H29FN2O5. The van der Waals surface area contributed by atoms with Gasteiger partial charge in [0.15, 0.2) is 11.5 Å². The molecule has 7 nitrogen and oxygen atoms in total. The molecule has 2 heterocycles. The SMILES string of the molecule is O=C(N[C@H](CN1CCCC1)[C@H](O)c1ccc2c(c1)OC(CCF)O2)OCc1ccccc1. The maximum atomic E-state index is 12.6. The Kier molecular flexibility index (Phi) is 7.44. The molecule has 0 aliphatic carbocycles. The minimum atomic E-state index is -0.978. The molecular weight excluding hydrogens is 415 g/mol. The van der Waals surface area contributed by atoms with Crippen molar-refractivity contribution in [3.8, 4) is 11.5 Å². The van der Waals surface area contributed by atoms with Crippen molar-refractivity contribution in [2.24, 2.45) is 0 Å². The van der Waals surface area contributed by atoms with Gasteiger partial charge >= 0.3 is 6.09 Å². The van der Waals surface area contributed by atoms with E-state index >= 15 is 0 Å². The summed E-state index contributed by atoms with van der Waals surface area (Å²) < 4.78 is 29.1. The summed E-state index contributed by atoms with van der Waals surface area (Å²) in [6, 6.07) is 14.0. The lowest BCUT2D eigenvalue weighted by molar-refractivity contribution is 0.0361. The molecule has 2 aromatic carbocycles. The first-order chi connectivity index (χ1) is 15.6. The number of amides is 1. The van der Waals surface area contributed by atoms with E-state index in [1.54, 1.807) is 18.2 Å². The summed E-state index contributed by atoms with van der Waals surface area (Å²) in [5, 5.41) is 14.0. The number of halogens is 1. The van der Waals surface area contributed by atoms with Crippen LogP contribution < -0.4 is 14.8 Å². The first kappa shape index (κ1) is 22.4. The first-order valence-electron chi connectivity index (χ1n) is 11.0. The highest BCUT2D eigenvalue weighted by molar-refractivity contribution is 5.67. The molecule has 0 radical (unpaired) electrons. The molecule has 0 aromatic heterocycles. The number of fused-ring (bicyclic) bond motifs is 1. The lowest BCUT2D eigenvalue weighted by atomic mass is 10.0. The molecule has 0 bridgehead atoms. The highest BCUT2D eigenvalue weighted by atomic mass is 19.1. The predicted molar refractivity (Wildman–Crippen MR) is 116 cm³/mol. The Morgan fingerprint density at radius 3 is 2.66 bits per heavy atom.